The Balaban J connectivity index is 2.03. The summed E-state index contributed by atoms with van der Waals surface area (Å²) in [6.45, 7) is 11.2. The van der Waals surface area contributed by atoms with Crippen LogP contribution in [0.15, 0.2) is 0 Å². The molecule has 0 aromatic heterocycles. The van der Waals surface area contributed by atoms with E-state index in [4.69, 9.17) is 4.74 Å². The largest absolute Gasteiger partial charge is 0.360 e. The summed E-state index contributed by atoms with van der Waals surface area (Å²) in [6, 6.07) is 0. The molecule has 88 valence electrons. The molecular formula is C13H25NO. The van der Waals surface area contributed by atoms with Crippen molar-refractivity contribution in [2.24, 2.45) is 10.8 Å². The molecule has 1 atom stereocenters. The van der Waals surface area contributed by atoms with E-state index in [1.165, 1.54) is 19.3 Å². The van der Waals surface area contributed by atoms with Crippen LogP contribution in [0.2, 0.25) is 0 Å². The Hall–Kier alpha value is -0.0800. The van der Waals surface area contributed by atoms with Crippen LogP contribution >= 0.6 is 0 Å². The van der Waals surface area contributed by atoms with E-state index in [-0.39, 0.29) is 5.72 Å². The van der Waals surface area contributed by atoms with Crippen molar-refractivity contribution in [2.45, 2.75) is 59.1 Å². The van der Waals surface area contributed by atoms with Crippen molar-refractivity contribution in [1.82, 2.24) is 5.32 Å². The number of rotatable bonds is 0. The summed E-state index contributed by atoms with van der Waals surface area (Å²) in [6.07, 6.45) is 4.98. The molecule has 0 aromatic rings. The highest BCUT2D eigenvalue weighted by Gasteiger charge is 2.44. The summed E-state index contributed by atoms with van der Waals surface area (Å²) in [5.41, 5.74) is 0.733. The van der Waals surface area contributed by atoms with E-state index in [0.29, 0.717) is 10.8 Å². The van der Waals surface area contributed by atoms with Crippen LogP contribution in [0.3, 0.4) is 0 Å². The van der Waals surface area contributed by atoms with Gasteiger partial charge in [0.25, 0.3) is 0 Å². The van der Waals surface area contributed by atoms with Crippen molar-refractivity contribution in [3.63, 3.8) is 0 Å². The van der Waals surface area contributed by atoms with Gasteiger partial charge in [-0.1, -0.05) is 27.7 Å². The Morgan fingerprint density at radius 1 is 1.00 bits per heavy atom. The van der Waals surface area contributed by atoms with Gasteiger partial charge in [0.05, 0.1) is 6.61 Å². The van der Waals surface area contributed by atoms with E-state index in [0.717, 1.165) is 19.6 Å². The Labute approximate surface area is 93.8 Å². The molecule has 2 heteroatoms. The molecule has 0 bridgehead atoms. The predicted molar refractivity (Wildman–Crippen MR) is 62.7 cm³/mol. The second-order valence-corrected chi connectivity index (χ2v) is 7.00. The molecule has 2 fully saturated rings. The van der Waals surface area contributed by atoms with Crippen LogP contribution in [0.4, 0.5) is 0 Å². The van der Waals surface area contributed by atoms with Crippen molar-refractivity contribution < 1.29 is 4.74 Å². The third-order valence-corrected chi connectivity index (χ3v) is 3.83. The van der Waals surface area contributed by atoms with Crippen molar-refractivity contribution in [3.05, 3.63) is 0 Å². The quantitative estimate of drug-likeness (QED) is 0.665. The Bertz CT molecular complexity index is 235. The zero-order chi connectivity index (χ0) is 11.2. The maximum atomic E-state index is 6.15. The van der Waals surface area contributed by atoms with Crippen molar-refractivity contribution >= 4 is 0 Å². The first-order valence-electron chi connectivity index (χ1n) is 6.22. The summed E-state index contributed by atoms with van der Waals surface area (Å²) in [5.74, 6) is 0. The van der Waals surface area contributed by atoms with E-state index in [1.807, 2.05) is 0 Å². The summed E-state index contributed by atoms with van der Waals surface area (Å²) < 4.78 is 6.15. The summed E-state index contributed by atoms with van der Waals surface area (Å²) in [7, 11) is 0. The minimum atomic E-state index is -0.00271. The highest BCUT2D eigenvalue weighted by Crippen LogP contribution is 2.43. The van der Waals surface area contributed by atoms with Crippen LogP contribution in [0, 0.1) is 10.8 Å². The molecule has 1 heterocycles. The van der Waals surface area contributed by atoms with Gasteiger partial charge in [0.1, 0.15) is 5.72 Å². The molecule has 2 aliphatic rings. The van der Waals surface area contributed by atoms with E-state index in [1.54, 1.807) is 0 Å². The molecule has 1 saturated carbocycles. The topological polar surface area (TPSA) is 21.3 Å². The first kappa shape index (κ1) is 11.4. The molecule has 2 nitrogen and oxygen atoms in total. The molecule has 1 unspecified atom stereocenters. The normalized spacial score (nSPS) is 39.2. The van der Waals surface area contributed by atoms with Gasteiger partial charge in [0, 0.05) is 12.0 Å². The number of hydrogen-bond donors (Lipinski definition) is 1. The molecule has 1 N–H and O–H groups in total. The van der Waals surface area contributed by atoms with Crippen LogP contribution in [-0.2, 0) is 4.74 Å². The Morgan fingerprint density at radius 3 is 2.27 bits per heavy atom. The summed E-state index contributed by atoms with van der Waals surface area (Å²) >= 11 is 0. The van der Waals surface area contributed by atoms with Crippen LogP contribution in [0.1, 0.15) is 53.4 Å². The lowest BCUT2D eigenvalue weighted by atomic mass is 9.72. The van der Waals surface area contributed by atoms with Crippen LogP contribution in [-0.4, -0.2) is 18.9 Å². The van der Waals surface area contributed by atoms with Crippen LogP contribution in [0.5, 0.6) is 0 Å². The zero-order valence-electron chi connectivity index (χ0n) is 10.7. The third kappa shape index (κ3) is 2.54. The van der Waals surface area contributed by atoms with Gasteiger partial charge >= 0.3 is 0 Å². The molecular weight excluding hydrogens is 186 g/mol. The predicted octanol–water partition coefficient (Wildman–Crippen LogP) is 2.93. The molecule has 0 amide bonds. The second kappa shape index (κ2) is 3.46. The van der Waals surface area contributed by atoms with Gasteiger partial charge < -0.3 is 4.74 Å². The van der Waals surface area contributed by atoms with Gasteiger partial charge in [-0.2, -0.15) is 0 Å². The standard InChI is InChI=1S/C13H25NO/c1-11(2)6-5-7-13(8-11)14-9-12(3,4)10-15-13/h14H,5-10H2,1-4H3. The first-order chi connectivity index (χ1) is 6.83. The lowest BCUT2D eigenvalue weighted by molar-refractivity contribution is -0.171. The van der Waals surface area contributed by atoms with Crippen LogP contribution in [0.25, 0.3) is 0 Å². The monoisotopic (exact) mass is 211 g/mol. The van der Waals surface area contributed by atoms with Crippen LogP contribution < -0.4 is 5.32 Å². The van der Waals surface area contributed by atoms with Crippen molar-refractivity contribution in [1.29, 1.82) is 0 Å². The van der Waals surface area contributed by atoms with E-state index in [9.17, 15) is 0 Å². The maximum absolute atomic E-state index is 6.15. The van der Waals surface area contributed by atoms with E-state index >= 15 is 0 Å². The molecule has 2 rings (SSSR count). The third-order valence-electron chi connectivity index (χ3n) is 3.83. The molecule has 15 heavy (non-hydrogen) atoms. The first-order valence-corrected chi connectivity index (χ1v) is 6.22. The Morgan fingerprint density at radius 2 is 1.73 bits per heavy atom. The highest BCUT2D eigenvalue weighted by atomic mass is 16.5. The molecule has 1 aliphatic carbocycles. The lowest BCUT2D eigenvalue weighted by Gasteiger charge is -2.50. The van der Waals surface area contributed by atoms with Gasteiger partial charge in [0.2, 0.25) is 0 Å². The maximum Gasteiger partial charge on any atom is 0.119 e. The molecule has 1 spiro atoms. The summed E-state index contributed by atoms with van der Waals surface area (Å²) in [4.78, 5) is 0. The smallest absolute Gasteiger partial charge is 0.119 e. The number of hydrogen-bond acceptors (Lipinski definition) is 2. The Kier molecular flexibility index (Phi) is 2.63. The van der Waals surface area contributed by atoms with Gasteiger partial charge in [-0.3, -0.25) is 5.32 Å². The highest BCUT2D eigenvalue weighted by molar-refractivity contribution is 4.94. The molecule has 0 radical (unpaired) electrons. The molecule has 0 aromatic carbocycles. The van der Waals surface area contributed by atoms with Gasteiger partial charge in [-0.25, -0.2) is 0 Å². The average molecular weight is 211 g/mol. The van der Waals surface area contributed by atoms with Gasteiger partial charge in [-0.15, -0.1) is 0 Å². The molecule has 1 aliphatic heterocycles. The van der Waals surface area contributed by atoms with Gasteiger partial charge in [0.15, 0.2) is 0 Å². The fraction of sp³-hybridized carbons (Fsp3) is 1.00. The number of nitrogens with one attached hydrogen (secondary N) is 1. The van der Waals surface area contributed by atoms with Gasteiger partial charge in [-0.05, 0) is 31.1 Å². The zero-order valence-corrected chi connectivity index (χ0v) is 10.7. The minimum absolute atomic E-state index is 0.00271. The fourth-order valence-corrected chi connectivity index (χ4v) is 2.91. The van der Waals surface area contributed by atoms with E-state index in [2.05, 4.69) is 33.0 Å². The minimum Gasteiger partial charge on any atom is -0.360 e. The van der Waals surface area contributed by atoms with Crippen molar-refractivity contribution in [2.75, 3.05) is 13.2 Å². The second-order valence-electron chi connectivity index (χ2n) is 7.00. The number of ether oxygens (including phenoxy) is 1. The average Bonchev–Trinajstić information content (AvgIpc) is 2.10. The SMILES string of the molecule is CC1(C)CNC2(CCCC(C)(C)C2)OC1. The fourth-order valence-electron chi connectivity index (χ4n) is 2.91. The van der Waals surface area contributed by atoms with Crippen molar-refractivity contribution in [3.8, 4) is 0 Å². The van der Waals surface area contributed by atoms with E-state index < -0.39 is 0 Å². The lowest BCUT2D eigenvalue weighted by Crippen LogP contribution is -2.60. The summed E-state index contributed by atoms with van der Waals surface area (Å²) in [5, 5.41) is 3.66. The molecule has 1 saturated heterocycles.